The van der Waals surface area contributed by atoms with Gasteiger partial charge in [-0.2, -0.15) is 5.10 Å². The molecule has 0 spiro atoms. The van der Waals surface area contributed by atoms with E-state index in [1.54, 1.807) is 6.07 Å². The Balaban J connectivity index is 2.12. The lowest BCUT2D eigenvalue weighted by molar-refractivity contribution is -0.138. The molecule has 0 aromatic carbocycles. The lowest BCUT2D eigenvalue weighted by Crippen LogP contribution is -2.47. The van der Waals surface area contributed by atoms with Gasteiger partial charge in [-0.25, -0.2) is 0 Å². The van der Waals surface area contributed by atoms with E-state index in [1.165, 1.54) is 0 Å². The van der Waals surface area contributed by atoms with Gasteiger partial charge in [-0.1, -0.05) is 33.6 Å². The quantitative estimate of drug-likeness (QED) is 0.793. The molecular weight excluding hydrogens is 270 g/mol. The SMILES string of the molecule is CC(C)(C)c1cc(C(=O)NC2(CC(=O)O)CCCC2)n[nH]1. The summed E-state index contributed by atoms with van der Waals surface area (Å²) in [6.07, 6.45) is 3.28. The Hall–Kier alpha value is -1.85. The Morgan fingerprint density at radius 1 is 1.38 bits per heavy atom. The van der Waals surface area contributed by atoms with Crippen LogP contribution in [0.15, 0.2) is 6.07 Å². The third kappa shape index (κ3) is 3.62. The molecule has 3 N–H and O–H groups in total. The summed E-state index contributed by atoms with van der Waals surface area (Å²) in [6, 6.07) is 1.73. The standard InChI is InChI=1S/C15H23N3O3/c1-14(2,3)11-8-10(17-18-11)13(21)16-15(9-12(19)20)6-4-5-7-15/h8H,4-7,9H2,1-3H3,(H,16,21)(H,17,18)(H,19,20). The fourth-order valence-electron chi connectivity index (χ4n) is 2.81. The van der Waals surface area contributed by atoms with Crippen LogP contribution in [0.25, 0.3) is 0 Å². The van der Waals surface area contributed by atoms with Gasteiger partial charge in [0.1, 0.15) is 5.69 Å². The molecule has 0 bridgehead atoms. The highest BCUT2D eigenvalue weighted by Crippen LogP contribution is 2.33. The number of rotatable bonds is 4. The van der Waals surface area contributed by atoms with Gasteiger partial charge in [0.05, 0.1) is 12.0 Å². The van der Waals surface area contributed by atoms with E-state index in [1.807, 2.05) is 20.8 Å². The van der Waals surface area contributed by atoms with Crippen molar-refractivity contribution < 1.29 is 14.7 Å². The normalized spacial score (nSPS) is 17.7. The number of carbonyl (C=O) groups excluding carboxylic acids is 1. The highest BCUT2D eigenvalue weighted by Gasteiger charge is 2.38. The number of hydrogen-bond donors (Lipinski definition) is 3. The van der Waals surface area contributed by atoms with Crippen molar-refractivity contribution >= 4 is 11.9 Å². The molecule has 6 nitrogen and oxygen atoms in total. The van der Waals surface area contributed by atoms with E-state index in [-0.39, 0.29) is 17.7 Å². The second-order valence-electron chi connectivity index (χ2n) is 6.93. The molecule has 0 unspecified atom stereocenters. The van der Waals surface area contributed by atoms with Gasteiger partial charge in [-0.05, 0) is 18.9 Å². The van der Waals surface area contributed by atoms with Crippen LogP contribution >= 0.6 is 0 Å². The van der Waals surface area contributed by atoms with Crippen molar-refractivity contribution in [2.24, 2.45) is 0 Å². The molecule has 1 aromatic heterocycles. The summed E-state index contributed by atoms with van der Waals surface area (Å²) >= 11 is 0. The fourth-order valence-corrected chi connectivity index (χ4v) is 2.81. The van der Waals surface area contributed by atoms with E-state index >= 15 is 0 Å². The number of H-pyrrole nitrogens is 1. The van der Waals surface area contributed by atoms with Crippen molar-refractivity contribution in [3.8, 4) is 0 Å². The second-order valence-corrected chi connectivity index (χ2v) is 6.93. The monoisotopic (exact) mass is 293 g/mol. The molecule has 0 aliphatic heterocycles. The minimum Gasteiger partial charge on any atom is -0.481 e. The van der Waals surface area contributed by atoms with E-state index in [4.69, 9.17) is 5.11 Å². The van der Waals surface area contributed by atoms with Crippen molar-refractivity contribution in [1.29, 1.82) is 0 Å². The van der Waals surface area contributed by atoms with E-state index in [0.717, 1.165) is 18.5 Å². The molecule has 0 radical (unpaired) electrons. The summed E-state index contributed by atoms with van der Waals surface area (Å²) in [5.41, 5.74) is 0.462. The Labute approximate surface area is 124 Å². The largest absolute Gasteiger partial charge is 0.481 e. The second kappa shape index (κ2) is 5.50. The van der Waals surface area contributed by atoms with Gasteiger partial charge < -0.3 is 10.4 Å². The van der Waals surface area contributed by atoms with Crippen LogP contribution in [0.3, 0.4) is 0 Å². The third-order valence-corrected chi connectivity index (χ3v) is 4.05. The summed E-state index contributed by atoms with van der Waals surface area (Å²) in [6.45, 7) is 6.10. The van der Waals surface area contributed by atoms with Gasteiger partial charge in [0.2, 0.25) is 0 Å². The van der Waals surface area contributed by atoms with Crippen molar-refractivity contribution in [3.05, 3.63) is 17.5 Å². The Bertz CT molecular complexity index is 537. The maximum atomic E-state index is 12.3. The number of amides is 1. The number of aromatic amines is 1. The first-order valence-corrected chi connectivity index (χ1v) is 7.32. The summed E-state index contributed by atoms with van der Waals surface area (Å²) in [7, 11) is 0. The molecule has 1 heterocycles. The zero-order valence-electron chi connectivity index (χ0n) is 12.8. The molecule has 2 rings (SSSR count). The number of hydrogen-bond acceptors (Lipinski definition) is 3. The van der Waals surface area contributed by atoms with E-state index < -0.39 is 11.5 Å². The van der Waals surface area contributed by atoms with Crippen LogP contribution in [0.5, 0.6) is 0 Å². The van der Waals surface area contributed by atoms with Crippen LogP contribution in [0.4, 0.5) is 0 Å². The average molecular weight is 293 g/mol. The van der Waals surface area contributed by atoms with E-state index in [2.05, 4.69) is 15.5 Å². The molecule has 1 amide bonds. The number of aromatic nitrogens is 2. The van der Waals surface area contributed by atoms with Crippen LogP contribution in [-0.2, 0) is 10.2 Å². The molecule has 21 heavy (non-hydrogen) atoms. The van der Waals surface area contributed by atoms with Gasteiger partial charge in [0.25, 0.3) is 5.91 Å². The van der Waals surface area contributed by atoms with Gasteiger partial charge in [-0.3, -0.25) is 14.7 Å². The van der Waals surface area contributed by atoms with Gasteiger partial charge in [0.15, 0.2) is 0 Å². The zero-order chi connectivity index (χ0) is 15.7. The minimum atomic E-state index is -0.880. The van der Waals surface area contributed by atoms with Crippen molar-refractivity contribution in [3.63, 3.8) is 0 Å². The van der Waals surface area contributed by atoms with Gasteiger partial charge in [-0.15, -0.1) is 0 Å². The van der Waals surface area contributed by atoms with Crippen molar-refractivity contribution in [1.82, 2.24) is 15.5 Å². The highest BCUT2D eigenvalue weighted by atomic mass is 16.4. The molecule has 1 aliphatic rings. The zero-order valence-corrected chi connectivity index (χ0v) is 12.8. The predicted octanol–water partition coefficient (Wildman–Crippen LogP) is 2.22. The van der Waals surface area contributed by atoms with Crippen LogP contribution in [-0.4, -0.2) is 32.7 Å². The lowest BCUT2D eigenvalue weighted by Gasteiger charge is -2.28. The van der Waals surface area contributed by atoms with Crippen LogP contribution < -0.4 is 5.32 Å². The number of carbonyl (C=O) groups is 2. The van der Waals surface area contributed by atoms with Crippen LogP contribution in [0, 0.1) is 0 Å². The van der Waals surface area contributed by atoms with Gasteiger partial charge in [0, 0.05) is 11.1 Å². The molecule has 0 atom stereocenters. The Kier molecular flexibility index (Phi) is 4.07. The first-order chi connectivity index (χ1) is 9.72. The highest BCUT2D eigenvalue weighted by molar-refractivity contribution is 5.93. The van der Waals surface area contributed by atoms with Gasteiger partial charge >= 0.3 is 5.97 Å². The molecule has 6 heteroatoms. The number of nitrogens with one attached hydrogen (secondary N) is 2. The number of carboxylic acids is 1. The summed E-state index contributed by atoms with van der Waals surface area (Å²) in [5, 5.41) is 18.9. The predicted molar refractivity (Wildman–Crippen MR) is 78.2 cm³/mol. The van der Waals surface area contributed by atoms with Crippen molar-refractivity contribution in [2.45, 2.75) is 63.8 Å². The number of aliphatic carboxylic acids is 1. The molecule has 1 fully saturated rings. The summed E-state index contributed by atoms with van der Waals surface area (Å²) in [4.78, 5) is 23.4. The fraction of sp³-hybridized carbons (Fsp3) is 0.667. The molecule has 1 saturated carbocycles. The average Bonchev–Trinajstić information content (AvgIpc) is 2.95. The van der Waals surface area contributed by atoms with Crippen LogP contribution in [0.2, 0.25) is 0 Å². The van der Waals surface area contributed by atoms with E-state index in [0.29, 0.717) is 18.5 Å². The summed E-state index contributed by atoms with van der Waals surface area (Å²) in [5.74, 6) is -1.18. The first kappa shape index (κ1) is 15.5. The Morgan fingerprint density at radius 3 is 2.48 bits per heavy atom. The maximum absolute atomic E-state index is 12.3. The molecule has 0 saturated heterocycles. The lowest BCUT2D eigenvalue weighted by atomic mass is 9.91. The first-order valence-electron chi connectivity index (χ1n) is 7.32. The maximum Gasteiger partial charge on any atom is 0.305 e. The topological polar surface area (TPSA) is 95.1 Å². The Morgan fingerprint density at radius 2 is 2.00 bits per heavy atom. The molecule has 116 valence electrons. The molecule has 1 aliphatic carbocycles. The molecule has 1 aromatic rings. The van der Waals surface area contributed by atoms with E-state index in [9.17, 15) is 9.59 Å². The molecular formula is C15H23N3O3. The minimum absolute atomic E-state index is 0.0324. The smallest absolute Gasteiger partial charge is 0.305 e. The van der Waals surface area contributed by atoms with Crippen molar-refractivity contribution in [2.75, 3.05) is 0 Å². The number of carboxylic acid groups (broad SMARTS) is 1. The number of nitrogens with zero attached hydrogens (tertiary/aromatic N) is 1. The third-order valence-electron chi connectivity index (χ3n) is 4.05. The summed E-state index contributed by atoms with van der Waals surface area (Å²) < 4.78 is 0. The van der Waals surface area contributed by atoms with Crippen LogP contribution in [0.1, 0.15) is 69.1 Å².